The molecule has 1 aromatic rings. The van der Waals surface area contributed by atoms with Gasteiger partial charge in [-0.25, -0.2) is 5.84 Å². The zero-order chi connectivity index (χ0) is 8.27. The number of carbonyl (C=O) groups excluding carboxylic acids is 1. The summed E-state index contributed by atoms with van der Waals surface area (Å²) in [6.07, 6.45) is 0. The van der Waals surface area contributed by atoms with E-state index < -0.39 is 0 Å². The van der Waals surface area contributed by atoms with Crippen LogP contribution in [-0.2, 0) is 0 Å². The quantitative estimate of drug-likeness (QED) is 0.415. The second kappa shape index (κ2) is 4.98. The molecule has 0 saturated carbocycles. The van der Waals surface area contributed by atoms with Crippen LogP contribution in [0.2, 0.25) is 5.02 Å². The van der Waals surface area contributed by atoms with Crippen molar-refractivity contribution in [2.24, 2.45) is 5.84 Å². The number of benzene rings is 1. The average Bonchev–Trinajstić information content (AvgIpc) is 2.03. The van der Waals surface area contributed by atoms with Gasteiger partial charge in [0, 0.05) is 10.6 Å². The summed E-state index contributed by atoms with van der Waals surface area (Å²) < 4.78 is 0. The molecule has 5 heteroatoms. The molecular formula is C7H8Cl2N2O. The molecule has 1 amide bonds. The number of nitrogens with two attached hydrogens (primary N) is 1. The van der Waals surface area contributed by atoms with Gasteiger partial charge in [-0.1, -0.05) is 17.7 Å². The van der Waals surface area contributed by atoms with Crippen LogP contribution < -0.4 is 11.3 Å². The second-order valence-electron chi connectivity index (χ2n) is 1.98. The van der Waals surface area contributed by atoms with Crippen LogP contribution in [-0.4, -0.2) is 5.91 Å². The van der Waals surface area contributed by atoms with Crippen molar-refractivity contribution >= 4 is 29.9 Å². The van der Waals surface area contributed by atoms with Gasteiger partial charge in [0.25, 0.3) is 5.91 Å². The molecule has 0 aliphatic rings. The molecule has 66 valence electrons. The highest BCUT2D eigenvalue weighted by Crippen LogP contribution is 2.09. The van der Waals surface area contributed by atoms with Gasteiger partial charge in [-0.05, 0) is 18.2 Å². The van der Waals surface area contributed by atoms with Crippen LogP contribution in [0.5, 0.6) is 0 Å². The fourth-order valence-electron chi connectivity index (χ4n) is 0.713. The van der Waals surface area contributed by atoms with Gasteiger partial charge in [0.05, 0.1) is 0 Å². The van der Waals surface area contributed by atoms with Crippen LogP contribution >= 0.6 is 24.0 Å². The second-order valence-corrected chi connectivity index (χ2v) is 2.42. The van der Waals surface area contributed by atoms with Crippen molar-refractivity contribution in [3.05, 3.63) is 34.9 Å². The molecule has 0 aliphatic heterocycles. The highest BCUT2D eigenvalue weighted by molar-refractivity contribution is 6.30. The summed E-state index contributed by atoms with van der Waals surface area (Å²) in [6, 6.07) is 6.56. The highest BCUT2D eigenvalue weighted by atomic mass is 35.5. The smallest absolute Gasteiger partial charge is 0.265 e. The van der Waals surface area contributed by atoms with Crippen LogP contribution in [0.4, 0.5) is 0 Å². The molecule has 1 aromatic carbocycles. The Morgan fingerprint density at radius 3 is 2.67 bits per heavy atom. The Balaban J connectivity index is 0.00000121. The number of nitrogen functional groups attached to an aromatic ring is 1. The minimum atomic E-state index is -0.340. The van der Waals surface area contributed by atoms with Crippen molar-refractivity contribution in [2.45, 2.75) is 0 Å². The van der Waals surface area contributed by atoms with Gasteiger partial charge >= 0.3 is 0 Å². The Hall–Kier alpha value is -0.770. The van der Waals surface area contributed by atoms with E-state index in [1.54, 1.807) is 24.3 Å². The summed E-state index contributed by atoms with van der Waals surface area (Å²) in [6.45, 7) is 0. The standard InChI is InChI=1S/C7H7ClN2O.ClH/c8-6-3-1-2-5(4-6)7(11)10-9;/h1-4H,9H2,(H,10,11);1H. The average molecular weight is 207 g/mol. The molecule has 0 saturated heterocycles. The van der Waals surface area contributed by atoms with Crippen molar-refractivity contribution in [3.63, 3.8) is 0 Å². The van der Waals surface area contributed by atoms with E-state index in [0.717, 1.165) is 0 Å². The van der Waals surface area contributed by atoms with Crippen molar-refractivity contribution in [2.75, 3.05) is 0 Å². The van der Waals surface area contributed by atoms with E-state index in [0.29, 0.717) is 10.6 Å². The van der Waals surface area contributed by atoms with Gasteiger partial charge in [0.2, 0.25) is 0 Å². The minimum absolute atomic E-state index is 0. The number of amides is 1. The molecular weight excluding hydrogens is 199 g/mol. The first-order chi connectivity index (χ1) is 5.24. The number of hydrogen-bond acceptors (Lipinski definition) is 2. The first kappa shape index (κ1) is 11.2. The first-order valence-electron chi connectivity index (χ1n) is 3.00. The SMILES string of the molecule is Cl.NNC(=O)c1cccc(Cl)c1. The third-order valence-corrected chi connectivity index (χ3v) is 1.45. The summed E-state index contributed by atoms with van der Waals surface area (Å²) in [5.74, 6) is 4.57. The molecule has 0 aliphatic carbocycles. The van der Waals surface area contributed by atoms with E-state index in [9.17, 15) is 4.79 Å². The Labute approximate surface area is 81.3 Å². The van der Waals surface area contributed by atoms with Gasteiger partial charge in [-0.15, -0.1) is 12.4 Å². The van der Waals surface area contributed by atoms with Crippen LogP contribution in [0, 0.1) is 0 Å². The Bertz CT molecular complexity index is 278. The Kier molecular flexibility index (Phi) is 4.66. The van der Waals surface area contributed by atoms with Crippen LogP contribution in [0.1, 0.15) is 10.4 Å². The third-order valence-electron chi connectivity index (χ3n) is 1.22. The van der Waals surface area contributed by atoms with Crippen LogP contribution in [0.3, 0.4) is 0 Å². The third kappa shape index (κ3) is 2.70. The van der Waals surface area contributed by atoms with Gasteiger partial charge in [-0.2, -0.15) is 0 Å². The van der Waals surface area contributed by atoms with E-state index in [1.165, 1.54) is 0 Å². The van der Waals surface area contributed by atoms with Gasteiger partial charge in [-0.3, -0.25) is 10.2 Å². The summed E-state index contributed by atoms with van der Waals surface area (Å²) in [5.41, 5.74) is 2.47. The van der Waals surface area contributed by atoms with E-state index in [1.807, 2.05) is 5.43 Å². The van der Waals surface area contributed by atoms with Crippen molar-refractivity contribution in [3.8, 4) is 0 Å². The summed E-state index contributed by atoms with van der Waals surface area (Å²) >= 11 is 5.63. The number of nitrogens with one attached hydrogen (secondary N) is 1. The number of hydrogen-bond donors (Lipinski definition) is 2. The number of hydrazine groups is 1. The molecule has 1 rings (SSSR count). The van der Waals surface area contributed by atoms with Gasteiger partial charge in [0.15, 0.2) is 0 Å². The largest absolute Gasteiger partial charge is 0.290 e. The molecule has 12 heavy (non-hydrogen) atoms. The Morgan fingerprint density at radius 2 is 2.17 bits per heavy atom. The number of halogens is 2. The summed E-state index contributed by atoms with van der Waals surface area (Å²) in [4.78, 5) is 10.9. The molecule has 3 N–H and O–H groups in total. The molecule has 0 atom stereocenters. The van der Waals surface area contributed by atoms with E-state index in [2.05, 4.69) is 0 Å². The molecule has 0 bridgehead atoms. The lowest BCUT2D eigenvalue weighted by Crippen LogP contribution is -2.29. The predicted molar refractivity (Wildman–Crippen MR) is 50.4 cm³/mol. The Morgan fingerprint density at radius 1 is 1.50 bits per heavy atom. The summed E-state index contributed by atoms with van der Waals surface area (Å²) in [7, 11) is 0. The number of rotatable bonds is 1. The maximum Gasteiger partial charge on any atom is 0.265 e. The molecule has 0 spiro atoms. The zero-order valence-corrected chi connectivity index (χ0v) is 7.65. The maximum absolute atomic E-state index is 10.9. The van der Waals surface area contributed by atoms with Gasteiger partial charge < -0.3 is 0 Å². The van der Waals surface area contributed by atoms with Crippen LogP contribution in [0.15, 0.2) is 24.3 Å². The summed E-state index contributed by atoms with van der Waals surface area (Å²) in [5, 5.41) is 0.520. The maximum atomic E-state index is 10.9. The molecule has 0 radical (unpaired) electrons. The fraction of sp³-hybridized carbons (Fsp3) is 0. The topological polar surface area (TPSA) is 55.1 Å². The molecule has 0 fully saturated rings. The lowest BCUT2D eigenvalue weighted by molar-refractivity contribution is 0.0953. The molecule has 3 nitrogen and oxygen atoms in total. The first-order valence-corrected chi connectivity index (χ1v) is 3.38. The lowest BCUT2D eigenvalue weighted by Gasteiger charge is -1.97. The molecule has 0 aromatic heterocycles. The monoisotopic (exact) mass is 206 g/mol. The molecule has 0 heterocycles. The van der Waals surface area contributed by atoms with Crippen LogP contribution in [0.25, 0.3) is 0 Å². The minimum Gasteiger partial charge on any atom is -0.290 e. The highest BCUT2D eigenvalue weighted by Gasteiger charge is 2.01. The van der Waals surface area contributed by atoms with Gasteiger partial charge in [0.1, 0.15) is 0 Å². The van der Waals surface area contributed by atoms with Crippen molar-refractivity contribution in [1.29, 1.82) is 0 Å². The lowest BCUT2D eigenvalue weighted by atomic mass is 10.2. The van der Waals surface area contributed by atoms with E-state index in [4.69, 9.17) is 17.4 Å². The normalized spacial score (nSPS) is 8.50. The van der Waals surface area contributed by atoms with Crippen molar-refractivity contribution < 1.29 is 4.79 Å². The van der Waals surface area contributed by atoms with E-state index in [-0.39, 0.29) is 18.3 Å². The fourth-order valence-corrected chi connectivity index (χ4v) is 0.903. The predicted octanol–water partition coefficient (Wildman–Crippen LogP) is 1.37. The zero-order valence-electron chi connectivity index (χ0n) is 6.08. The van der Waals surface area contributed by atoms with E-state index >= 15 is 0 Å². The number of carbonyl (C=O) groups is 1. The molecule has 0 unspecified atom stereocenters. The van der Waals surface area contributed by atoms with Crippen molar-refractivity contribution in [1.82, 2.24) is 5.43 Å².